The molecule has 1 heterocycles. The van der Waals surface area contributed by atoms with Crippen LogP contribution in [0.25, 0.3) is 0 Å². The number of nitro groups is 2. The molecule has 1 aromatic carbocycles. The van der Waals surface area contributed by atoms with Crippen molar-refractivity contribution in [1.82, 2.24) is 9.97 Å². The van der Waals surface area contributed by atoms with Crippen LogP contribution in [0.2, 0.25) is 0 Å². The van der Waals surface area contributed by atoms with Gasteiger partial charge in [0.25, 0.3) is 5.69 Å². The summed E-state index contributed by atoms with van der Waals surface area (Å²) in [4.78, 5) is 27.1. The zero-order valence-corrected chi connectivity index (χ0v) is 9.79. The summed E-state index contributed by atoms with van der Waals surface area (Å²) in [5.74, 6) is -0.374. The molecule has 0 bridgehead atoms. The molecule has 102 valence electrons. The van der Waals surface area contributed by atoms with Crippen LogP contribution in [0, 0.1) is 20.2 Å². The highest BCUT2D eigenvalue weighted by molar-refractivity contribution is 5.45. The van der Waals surface area contributed by atoms with E-state index >= 15 is 0 Å². The van der Waals surface area contributed by atoms with Gasteiger partial charge < -0.3 is 10.5 Å². The normalized spacial score (nSPS) is 10.0. The molecule has 0 fully saturated rings. The molecule has 0 aliphatic heterocycles. The molecule has 0 aliphatic rings. The van der Waals surface area contributed by atoms with Crippen molar-refractivity contribution in [1.29, 1.82) is 0 Å². The highest BCUT2D eigenvalue weighted by Gasteiger charge is 2.19. The number of ether oxygens (including phenoxy) is 1. The molecule has 2 aromatic rings. The van der Waals surface area contributed by atoms with Gasteiger partial charge >= 0.3 is 11.6 Å². The number of aromatic nitrogens is 2. The van der Waals surface area contributed by atoms with Gasteiger partial charge in [0, 0.05) is 12.1 Å². The topological polar surface area (TPSA) is 147 Å². The minimum atomic E-state index is -0.722. The van der Waals surface area contributed by atoms with Gasteiger partial charge in [-0.05, 0) is 12.1 Å². The lowest BCUT2D eigenvalue weighted by Gasteiger charge is -2.05. The number of nitro benzene ring substituents is 1. The highest BCUT2D eigenvalue weighted by Crippen LogP contribution is 2.29. The molecule has 10 nitrogen and oxygen atoms in total. The fraction of sp³-hybridized carbons (Fsp3) is 0. The lowest BCUT2D eigenvalue weighted by molar-refractivity contribution is -0.386. The summed E-state index contributed by atoms with van der Waals surface area (Å²) in [6.45, 7) is 0. The number of anilines is 1. The van der Waals surface area contributed by atoms with Gasteiger partial charge in [0.15, 0.2) is 0 Å². The molecule has 0 amide bonds. The standard InChI is InChI=1S/C10H7N5O5/c11-10-12-5-8(15(18)19)9(13-10)20-7-3-1-6(2-4-7)14(16)17/h1-5H,(H2,11,12,13). The quantitative estimate of drug-likeness (QED) is 0.655. The molecule has 1 aromatic heterocycles. The molecule has 0 atom stereocenters. The lowest BCUT2D eigenvalue weighted by Crippen LogP contribution is -2.01. The Labute approximate surface area is 111 Å². The largest absolute Gasteiger partial charge is 0.434 e. The Balaban J connectivity index is 2.31. The second-order valence-electron chi connectivity index (χ2n) is 3.53. The van der Waals surface area contributed by atoms with Crippen LogP contribution in [0.15, 0.2) is 30.5 Å². The van der Waals surface area contributed by atoms with E-state index in [1.54, 1.807) is 0 Å². The van der Waals surface area contributed by atoms with Crippen molar-refractivity contribution < 1.29 is 14.6 Å². The Morgan fingerprint density at radius 3 is 2.30 bits per heavy atom. The van der Waals surface area contributed by atoms with Crippen molar-refractivity contribution in [3.63, 3.8) is 0 Å². The first-order valence-electron chi connectivity index (χ1n) is 5.16. The van der Waals surface area contributed by atoms with Gasteiger partial charge in [-0.2, -0.15) is 4.98 Å². The van der Waals surface area contributed by atoms with E-state index in [1.165, 1.54) is 24.3 Å². The average Bonchev–Trinajstić information content (AvgIpc) is 2.39. The van der Waals surface area contributed by atoms with E-state index in [2.05, 4.69) is 9.97 Å². The molecular weight excluding hydrogens is 270 g/mol. The van der Waals surface area contributed by atoms with Crippen molar-refractivity contribution in [2.75, 3.05) is 5.73 Å². The maximum Gasteiger partial charge on any atom is 0.349 e. The van der Waals surface area contributed by atoms with Crippen molar-refractivity contribution in [2.24, 2.45) is 0 Å². The van der Waals surface area contributed by atoms with E-state index in [-0.39, 0.29) is 23.3 Å². The Morgan fingerprint density at radius 1 is 1.10 bits per heavy atom. The Hall–Kier alpha value is -3.30. The van der Waals surface area contributed by atoms with Gasteiger partial charge in [0.1, 0.15) is 11.9 Å². The third kappa shape index (κ3) is 2.75. The van der Waals surface area contributed by atoms with E-state index in [0.717, 1.165) is 6.20 Å². The SMILES string of the molecule is Nc1ncc([N+](=O)[O-])c(Oc2ccc([N+](=O)[O-])cc2)n1. The molecule has 0 radical (unpaired) electrons. The summed E-state index contributed by atoms with van der Waals surface area (Å²) >= 11 is 0. The number of hydrogen-bond donors (Lipinski definition) is 1. The van der Waals surface area contributed by atoms with Gasteiger partial charge in [0.2, 0.25) is 5.95 Å². The summed E-state index contributed by atoms with van der Waals surface area (Å²) in [7, 11) is 0. The second kappa shape index (κ2) is 5.14. The summed E-state index contributed by atoms with van der Waals surface area (Å²) in [6, 6.07) is 4.98. The summed E-state index contributed by atoms with van der Waals surface area (Å²) in [5.41, 5.74) is 4.74. The van der Waals surface area contributed by atoms with E-state index in [1.807, 2.05) is 0 Å². The molecule has 2 N–H and O–H groups in total. The number of rotatable bonds is 4. The van der Waals surface area contributed by atoms with Crippen LogP contribution >= 0.6 is 0 Å². The predicted octanol–water partition coefficient (Wildman–Crippen LogP) is 1.67. The first-order chi connectivity index (χ1) is 9.47. The van der Waals surface area contributed by atoms with E-state index in [4.69, 9.17) is 10.5 Å². The average molecular weight is 277 g/mol. The maximum absolute atomic E-state index is 10.8. The molecular formula is C10H7N5O5. The Kier molecular flexibility index (Phi) is 3.37. The molecule has 0 unspecified atom stereocenters. The van der Waals surface area contributed by atoms with E-state index in [0.29, 0.717) is 0 Å². The Morgan fingerprint density at radius 2 is 1.75 bits per heavy atom. The minimum Gasteiger partial charge on any atom is -0.434 e. The van der Waals surface area contributed by atoms with Gasteiger partial charge in [0.05, 0.1) is 9.85 Å². The van der Waals surface area contributed by atoms with Crippen molar-refractivity contribution in [2.45, 2.75) is 0 Å². The molecule has 10 heteroatoms. The van der Waals surface area contributed by atoms with Crippen molar-refractivity contribution in [3.8, 4) is 11.6 Å². The number of nitrogens with two attached hydrogens (primary N) is 1. The number of nitrogen functional groups attached to an aromatic ring is 1. The number of non-ortho nitro benzene ring substituents is 1. The first kappa shape index (κ1) is 13.1. The van der Waals surface area contributed by atoms with Crippen LogP contribution < -0.4 is 10.5 Å². The van der Waals surface area contributed by atoms with Gasteiger partial charge in [-0.25, -0.2) is 4.98 Å². The van der Waals surface area contributed by atoms with Crippen LogP contribution in [-0.2, 0) is 0 Å². The zero-order valence-electron chi connectivity index (χ0n) is 9.79. The zero-order chi connectivity index (χ0) is 14.7. The van der Waals surface area contributed by atoms with E-state index in [9.17, 15) is 20.2 Å². The molecule has 0 saturated heterocycles. The van der Waals surface area contributed by atoms with Crippen LogP contribution in [0.5, 0.6) is 11.6 Å². The van der Waals surface area contributed by atoms with Crippen LogP contribution in [0.1, 0.15) is 0 Å². The molecule has 2 rings (SSSR count). The fourth-order valence-electron chi connectivity index (χ4n) is 1.32. The molecule has 20 heavy (non-hydrogen) atoms. The Bertz CT molecular complexity index is 672. The molecule has 0 saturated carbocycles. The van der Waals surface area contributed by atoms with Gasteiger partial charge in [-0.15, -0.1) is 0 Å². The summed E-state index contributed by atoms with van der Waals surface area (Å²) < 4.78 is 5.19. The van der Waals surface area contributed by atoms with Crippen LogP contribution in [0.3, 0.4) is 0 Å². The van der Waals surface area contributed by atoms with Crippen LogP contribution in [-0.4, -0.2) is 19.8 Å². The van der Waals surface area contributed by atoms with Crippen molar-refractivity contribution in [3.05, 3.63) is 50.7 Å². The van der Waals surface area contributed by atoms with Crippen LogP contribution in [0.4, 0.5) is 17.3 Å². The second-order valence-corrected chi connectivity index (χ2v) is 3.53. The maximum atomic E-state index is 10.8. The molecule has 0 aliphatic carbocycles. The third-order valence-electron chi connectivity index (χ3n) is 2.21. The highest BCUT2D eigenvalue weighted by atomic mass is 16.6. The van der Waals surface area contributed by atoms with Crippen molar-refractivity contribution >= 4 is 17.3 Å². The third-order valence-corrected chi connectivity index (χ3v) is 2.21. The smallest absolute Gasteiger partial charge is 0.349 e. The van der Waals surface area contributed by atoms with E-state index < -0.39 is 15.5 Å². The monoisotopic (exact) mass is 277 g/mol. The minimum absolute atomic E-state index is 0.131. The van der Waals surface area contributed by atoms with Gasteiger partial charge in [-0.1, -0.05) is 0 Å². The number of hydrogen-bond acceptors (Lipinski definition) is 8. The summed E-state index contributed by atoms with van der Waals surface area (Å²) in [6.07, 6.45) is 0.920. The fourth-order valence-corrected chi connectivity index (χ4v) is 1.32. The lowest BCUT2D eigenvalue weighted by atomic mass is 10.3. The number of nitrogens with zero attached hydrogens (tertiary/aromatic N) is 4. The first-order valence-corrected chi connectivity index (χ1v) is 5.16. The summed E-state index contributed by atoms with van der Waals surface area (Å²) in [5, 5.41) is 21.3. The predicted molar refractivity (Wildman–Crippen MR) is 66.3 cm³/mol. The number of benzene rings is 1. The molecule has 0 spiro atoms. The van der Waals surface area contributed by atoms with Gasteiger partial charge in [-0.3, -0.25) is 20.2 Å².